The number of ether oxygens (including phenoxy) is 4. The first-order chi connectivity index (χ1) is 8.40. The lowest BCUT2D eigenvalue weighted by Crippen LogP contribution is -2.43. The molecule has 2 N–H and O–H groups in total. The molecule has 2 saturated heterocycles. The second-order valence-electron chi connectivity index (χ2n) is 3.76. The Morgan fingerprint density at radius 3 is 2.33 bits per heavy atom. The van der Waals surface area contributed by atoms with Crippen molar-refractivity contribution < 1.29 is 38.7 Å². The van der Waals surface area contributed by atoms with Crippen molar-refractivity contribution in [2.45, 2.75) is 38.6 Å². The zero-order valence-corrected chi connectivity index (χ0v) is 10.1. The molecule has 0 aliphatic carbocycles. The van der Waals surface area contributed by atoms with E-state index in [0.29, 0.717) is 0 Å². The van der Waals surface area contributed by atoms with Gasteiger partial charge in [0, 0.05) is 0 Å². The first-order valence-electron chi connectivity index (χ1n) is 5.39. The van der Waals surface area contributed by atoms with E-state index in [4.69, 9.17) is 19.7 Å². The molecule has 0 saturated carbocycles. The molecule has 2 unspecified atom stereocenters. The van der Waals surface area contributed by atoms with Crippen LogP contribution < -0.4 is 0 Å². The molecule has 2 aliphatic heterocycles. The molecule has 2 heterocycles. The molecule has 2 aliphatic rings. The minimum absolute atomic E-state index is 0.0428. The van der Waals surface area contributed by atoms with Crippen molar-refractivity contribution in [3.05, 3.63) is 0 Å². The number of carbonyl (C=O) groups is 2. The number of esters is 2. The Kier molecular flexibility index (Phi) is 5.48. The van der Waals surface area contributed by atoms with Crippen LogP contribution in [0.5, 0.6) is 0 Å². The van der Waals surface area contributed by atoms with Crippen molar-refractivity contribution in [2.24, 2.45) is 0 Å². The zero-order chi connectivity index (χ0) is 13.7. The summed E-state index contributed by atoms with van der Waals surface area (Å²) in [4.78, 5) is 20.8. The van der Waals surface area contributed by atoms with E-state index < -0.39 is 36.7 Å². The number of rotatable bonds is 0. The van der Waals surface area contributed by atoms with E-state index in [1.54, 1.807) is 6.92 Å². The number of aliphatic hydroxyl groups excluding tert-OH is 2. The maximum atomic E-state index is 10.7. The molecule has 104 valence electrons. The van der Waals surface area contributed by atoms with Crippen LogP contribution in [0, 0.1) is 0 Å². The fourth-order valence-electron chi connectivity index (χ4n) is 1.13. The monoisotopic (exact) mass is 264 g/mol. The quantitative estimate of drug-likeness (QED) is 0.510. The molecule has 2 rings (SSSR count). The molecule has 0 aromatic rings. The van der Waals surface area contributed by atoms with Gasteiger partial charge in [-0.2, -0.15) is 0 Å². The molecular weight excluding hydrogens is 248 g/mol. The van der Waals surface area contributed by atoms with Gasteiger partial charge in [-0.3, -0.25) is 0 Å². The summed E-state index contributed by atoms with van der Waals surface area (Å²) < 4.78 is 18.3. The van der Waals surface area contributed by atoms with E-state index >= 15 is 0 Å². The normalized spacial score (nSPS) is 36.0. The van der Waals surface area contributed by atoms with Crippen LogP contribution in [0.2, 0.25) is 0 Å². The van der Waals surface area contributed by atoms with Crippen molar-refractivity contribution in [3.8, 4) is 0 Å². The summed E-state index contributed by atoms with van der Waals surface area (Å²) in [5.41, 5.74) is 0. The topological polar surface area (TPSA) is 112 Å². The molecule has 2 fully saturated rings. The number of hydrogen-bond donors (Lipinski definition) is 2. The van der Waals surface area contributed by atoms with Crippen LogP contribution in [0.4, 0.5) is 0 Å². The Morgan fingerprint density at radius 1 is 1.22 bits per heavy atom. The predicted molar refractivity (Wildman–Crippen MR) is 55.0 cm³/mol. The molecular formula is C10H16O8. The minimum atomic E-state index is -0.979. The largest absolute Gasteiger partial charge is 0.459 e. The van der Waals surface area contributed by atoms with Crippen LogP contribution in [0.1, 0.15) is 13.8 Å². The van der Waals surface area contributed by atoms with Crippen molar-refractivity contribution >= 4 is 11.9 Å². The van der Waals surface area contributed by atoms with Gasteiger partial charge in [-0.15, -0.1) is 0 Å². The maximum absolute atomic E-state index is 10.7. The van der Waals surface area contributed by atoms with Gasteiger partial charge in [-0.25, -0.2) is 9.59 Å². The minimum Gasteiger partial charge on any atom is -0.459 e. The lowest BCUT2D eigenvalue weighted by Gasteiger charge is -2.28. The van der Waals surface area contributed by atoms with E-state index in [1.165, 1.54) is 6.92 Å². The van der Waals surface area contributed by atoms with Gasteiger partial charge in [0.25, 0.3) is 0 Å². The van der Waals surface area contributed by atoms with Gasteiger partial charge >= 0.3 is 11.9 Å². The first kappa shape index (κ1) is 14.8. The molecule has 0 aromatic carbocycles. The molecule has 0 aromatic heterocycles. The van der Waals surface area contributed by atoms with Crippen LogP contribution in [-0.4, -0.2) is 60.2 Å². The third-order valence-corrected chi connectivity index (χ3v) is 2.16. The van der Waals surface area contributed by atoms with Crippen molar-refractivity contribution in [3.63, 3.8) is 0 Å². The molecule has 8 nitrogen and oxygen atoms in total. The second kappa shape index (κ2) is 6.64. The van der Waals surface area contributed by atoms with Crippen LogP contribution in [0.25, 0.3) is 0 Å². The third-order valence-electron chi connectivity index (χ3n) is 2.16. The van der Waals surface area contributed by atoms with E-state index in [2.05, 4.69) is 9.47 Å². The standard InChI is InChI=1S/C6H10O4.C4H6O4/c1-3-5(7)10-4(2)6(8)9-3;5-3-1-7-4(6)2-8-3/h3-5,7H,1-2H3;3,5H,1-2H2/t3-,4-,5?;/m1./s1. The number of aliphatic hydroxyl groups is 2. The van der Waals surface area contributed by atoms with Crippen LogP contribution in [0.3, 0.4) is 0 Å². The number of hydrogen-bond acceptors (Lipinski definition) is 8. The summed E-state index contributed by atoms with van der Waals surface area (Å²) in [7, 11) is 0. The number of cyclic esters (lactones) is 2. The Morgan fingerprint density at radius 2 is 1.89 bits per heavy atom. The summed E-state index contributed by atoms with van der Waals surface area (Å²) in [6.45, 7) is 2.94. The lowest BCUT2D eigenvalue weighted by molar-refractivity contribution is -0.239. The van der Waals surface area contributed by atoms with E-state index in [9.17, 15) is 9.59 Å². The molecule has 8 heteroatoms. The van der Waals surface area contributed by atoms with Crippen LogP contribution >= 0.6 is 0 Å². The zero-order valence-electron chi connectivity index (χ0n) is 10.1. The Bertz CT molecular complexity index is 294. The van der Waals surface area contributed by atoms with Gasteiger partial charge in [0.1, 0.15) is 19.3 Å². The molecule has 18 heavy (non-hydrogen) atoms. The van der Waals surface area contributed by atoms with Crippen LogP contribution in [-0.2, 0) is 28.5 Å². The van der Waals surface area contributed by atoms with Gasteiger partial charge < -0.3 is 29.2 Å². The Labute approximate surface area is 103 Å². The van der Waals surface area contributed by atoms with Gasteiger partial charge in [-0.1, -0.05) is 0 Å². The summed E-state index contributed by atoms with van der Waals surface area (Å²) in [6.07, 6.45) is -3.10. The average Bonchev–Trinajstić information content (AvgIpc) is 2.31. The fraction of sp³-hybridized carbons (Fsp3) is 0.800. The van der Waals surface area contributed by atoms with E-state index in [1.807, 2.05) is 0 Å². The van der Waals surface area contributed by atoms with Gasteiger partial charge in [0.05, 0.1) is 0 Å². The molecule has 0 radical (unpaired) electrons. The highest BCUT2D eigenvalue weighted by Crippen LogP contribution is 2.12. The first-order valence-corrected chi connectivity index (χ1v) is 5.39. The van der Waals surface area contributed by atoms with Gasteiger partial charge in [0.15, 0.2) is 18.7 Å². The van der Waals surface area contributed by atoms with Crippen LogP contribution in [0.15, 0.2) is 0 Å². The predicted octanol–water partition coefficient (Wildman–Crippen LogP) is -1.47. The summed E-state index contributed by atoms with van der Waals surface area (Å²) in [5.74, 6) is -0.840. The number of carbonyl (C=O) groups excluding carboxylic acids is 2. The summed E-state index contributed by atoms with van der Waals surface area (Å²) in [6, 6.07) is 0. The third kappa shape index (κ3) is 4.57. The van der Waals surface area contributed by atoms with Crippen molar-refractivity contribution in [2.75, 3.05) is 13.2 Å². The highest BCUT2D eigenvalue weighted by atomic mass is 16.7. The lowest BCUT2D eigenvalue weighted by atomic mass is 10.3. The molecule has 4 atom stereocenters. The highest BCUT2D eigenvalue weighted by Gasteiger charge is 2.31. The highest BCUT2D eigenvalue weighted by molar-refractivity contribution is 5.74. The fourth-order valence-corrected chi connectivity index (χ4v) is 1.13. The SMILES string of the molecule is C[C@H]1OC(O)[C@@H](C)OC1=O.O=C1COC(O)CO1. The Balaban J connectivity index is 0.000000184. The molecule has 0 amide bonds. The average molecular weight is 264 g/mol. The van der Waals surface area contributed by atoms with Gasteiger partial charge in [0.2, 0.25) is 0 Å². The Hall–Kier alpha value is -1.22. The summed E-state index contributed by atoms with van der Waals surface area (Å²) in [5, 5.41) is 17.5. The maximum Gasteiger partial charge on any atom is 0.335 e. The second-order valence-corrected chi connectivity index (χ2v) is 3.76. The van der Waals surface area contributed by atoms with E-state index in [0.717, 1.165) is 0 Å². The van der Waals surface area contributed by atoms with Crippen molar-refractivity contribution in [1.82, 2.24) is 0 Å². The smallest absolute Gasteiger partial charge is 0.335 e. The van der Waals surface area contributed by atoms with E-state index in [-0.39, 0.29) is 13.2 Å². The van der Waals surface area contributed by atoms with Gasteiger partial charge in [-0.05, 0) is 13.8 Å². The molecule has 0 spiro atoms. The summed E-state index contributed by atoms with van der Waals surface area (Å²) >= 11 is 0. The van der Waals surface area contributed by atoms with Crippen molar-refractivity contribution in [1.29, 1.82) is 0 Å². The molecule has 0 bridgehead atoms.